The SMILES string of the molecule is C[C@@H](Cc1cc2ccccc2o1)NC(=O)/C=C/c1ccccc1. The molecule has 3 rings (SSSR count). The van der Waals surface area contributed by atoms with Crippen LogP contribution in [0.5, 0.6) is 0 Å². The fourth-order valence-corrected chi connectivity index (χ4v) is 2.52. The molecule has 0 fully saturated rings. The summed E-state index contributed by atoms with van der Waals surface area (Å²) in [6, 6.07) is 19.7. The summed E-state index contributed by atoms with van der Waals surface area (Å²) >= 11 is 0. The van der Waals surface area contributed by atoms with E-state index in [1.165, 1.54) is 0 Å². The predicted octanol–water partition coefficient (Wildman–Crippen LogP) is 4.19. The fourth-order valence-electron chi connectivity index (χ4n) is 2.52. The predicted molar refractivity (Wildman–Crippen MR) is 93.0 cm³/mol. The van der Waals surface area contributed by atoms with E-state index in [-0.39, 0.29) is 11.9 Å². The summed E-state index contributed by atoms with van der Waals surface area (Å²) in [5.41, 5.74) is 1.89. The molecule has 0 unspecified atom stereocenters. The zero-order valence-electron chi connectivity index (χ0n) is 13.0. The minimum atomic E-state index is -0.0996. The van der Waals surface area contributed by atoms with Gasteiger partial charge in [-0.25, -0.2) is 0 Å². The van der Waals surface area contributed by atoms with Gasteiger partial charge in [-0.3, -0.25) is 4.79 Å². The van der Waals surface area contributed by atoms with Crippen molar-refractivity contribution in [2.45, 2.75) is 19.4 Å². The Kier molecular flexibility index (Phi) is 4.57. The fraction of sp³-hybridized carbons (Fsp3) is 0.150. The molecule has 23 heavy (non-hydrogen) atoms. The van der Waals surface area contributed by atoms with Crippen molar-refractivity contribution in [3.63, 3.8) is 0 Å². The van der Waals surface area contributed by atoms with Crippen LogP contribution in [0.25, 0.3) is 17.0 Å². The third-order valence-corrected chi connectivity index (χ3v) is 3.60. The second-order valence-corrected chi connectivity index (χ2v) is 5.61. The van der Waals surface area contributed by atoms with E-state index < -0.39 is 0 Å². The van der Waals surface area contributed by atoms with Crippen LogP contribution in [0, 0.1) is 0 Å². The Morgan fingerprint density at radius 1 is 1.13 bits per heavy atom. The van der Waals surface area contributed by atoms with Gasteiger partial charge in [0, 0.05) is 23.9 Å². The highest BCUT2D eigenvalue weighted by Gasteiger charge is 2.10. The molecular formula is C20H19NO2. The summed E-state index contributed by atoms with van der Waals surface area (Å²) in [5, 5.41) is 4.05. The van der Waals surface area contributed by atoms with E-state index >= 15 is 0 Å². The maximum atomic E-state index is 12.0. The highest BCUT2D eigenvalue weighted by atomic mass is 16.3. The molecule has 3 heteroatoms. The van der Waals surface area contributed by atoms with Gasteiger partial charge in [0.2, 0.25) is 5.91 Å². The minimum Gasteiger partial charge on any atom is -0.461 e. The van der Waals surface area contributed by atoms with Crippen LogP contribution >= 0.6 is 0 Å². The van der Waals surface area contributed by atoms with Gasteiger partial charge in [0.25, 0.3) is 0 Å². The first kappa shape index (κ1) is 15.1. The number of hydrogen-bond acceptors (Lipinski definition) is 2. The van der Waals surface area contributed by atoms with Crippen molar-refractivity contribution in [1.82, 2.24) is 5.32 Å². The zero-order chi connectivity index (χ0) is 16.1. The minimum absolute atomic E-state index is 0.00323. The number of carbonyl (C=O) groups is 1. The smallest absolute Gasteiger partial charge is 0.244 e. The standard InChI is InChI=1S/C20H19NO2/c1-15(13-18-14-17-9-5-6-10-19(17)23-18)21-20(22)12-11-16-7-3-2-4-8-16/h2-12,14-15H,13H2,1H3,(H,21,22)/b12-11+/t15-/m0/s1. The average molecular weight is 305 g/mol. The molecular weight excluding hydrogens is 286 g/mol. The third-order valence-electron chi connectivity index (χ3n) is 3.60. The van der Waals surface area contributed by atoms with Crippen LogP contribution in [0.1, 0.15) is 18.2 Å². The maximum absolute atomic E-state index is 12.0. The summed E-state index contributed by atoms with van der Waals surface area (Å²) < 4.78 is 5.78. The summed E-state index contributed by atoms with van der Waals surface area (Å²) in [7, 11) is 0. The van der Waals surface area contributed by atoms with Crippen LogP contribution < -0.4 is 5.32 Å². The lowest BCUT2D eigenvalue weighted by Gasteiger charge is -2.10. The van der Waals surface area contributed by atoms with Gasteiger partial charge in [0.1, 0.15) is 11.3 Å². The monoisotopic (exact) mass is 305 g/mol. The number of para-hydroxylation sites is 1. The van der Waals surface area contributed by atoms with E-state index in [4.69, 9.17) is 4.42 Å². The quantitative estimate of drug-likeness (QED) is 0.718. The van der Waals surface area contributed by atoms with Crippen molar-refractivity contribution in [1.29, 1.82) is 0 Å². The highest BCUT2D eigenvalue weighted by Crippen LogP contribution is 2.19. The van der Waals surface area contributed by atoms with Crippen molar-refractivity contribution in [2.24, 2.45) is 0 Å². The topological polar surface area (TPSA) is 42.2 Å². The third kappa shape index (κ3) is 4.10. The summed E-state index contributed by atoms with van der Waals surface area (Å²) in [6.45, 7) is 1.97. The Morgan fingerprint density at radius 2 is 1.87 bits per heavy atom. The number of fused-ring (bicyclic) bond motifs is 1. The molecule has 1 N–H and O–H groups in total. The lowest BCUT2D eigenvalue weighted by atomic mass is 10.1. The molecule has 0 saturated carbocycles. The van der Waals surface area contributed by atoms with Gasteiger partial charge in [-0.1, -0.05) is 48.5 Å². The van der Waals surface area contributed by atoms with Crippen LogP contribution in [0.15, 0.2) is 71.2 Å². The Balaban J connectivity index is 1.57. The lowest BCUT2D eigenvalue weighted by Crippen LogP contribution is -2.32. The van der Waals surface area contributed by atoms with E-state index in [9.17, 15) is 4.79 Å². The number of nitrogens with one attached hydrogen (secondary N) is 1. The van der Waals surface area contributed by atoms with Gasteiger partial charge in [0.15, 0.2) is 0 Å². The molecule has 0 aliphatic carbocycles. The Morgan fingerprint density at radius 3 is 2.65 bits per heavy atom. The van der Waals surface area contributed by atoms with Crippen LogP contribution in [0.4, 0.5) is 0 Å². The van der Waals surface area contributed by atoms with E-state index in [0.29, 0.717) is 6.42 Å². The average Bonchev–Trinajstić information content (AvgIpc) is 2.96. The largest absolute Gasteiger partial charge is 0.461 e. The molecule has 116 valence electrons. The Bertz CT molecular complexity index is 785. The molecule has 2 aromatic carbocycles. The van der Waals surface area contributed by atoms with Gasteiger partial charge in [-0.05, 0) is 30.7 Å². The molecule has 0 radical (unpaired) electrons. The molecule has 1 aromatic heterocycles. The molecule has 1 amide bonds. The van der Waals surface area contributed by atoms with Crippen molar-refractivity contribution in [2.75, 3.05) is 0 Å². The normalized spacial score (nSPS) is 12.6. The first-order valence-corrected chi connectivity index (χ1v) is 7.72. The Labute approximate surface area is 135 Å². The first-order valence-electron chi connectivity index (χ1n) is 7.72. The highest BCUT2D eigenvalue weighted by molar-refractivity contribution is 5.91. The van der Waals surface area contributed by atoms with Gasteiger partial charge in [-0.15, -0.1) is 0 Å². The van der Waals surface area contributed by atoms with Crippen molar-refractivity contribution in [3.8, 4) is 0 Å². The number of hydrogen-bond donors (Lipinski definition) is 1. The summed E-state index contributed by atoms with van der Waals surface area (Å²) in [6.07, 6.45) is 4.04. The van der Waals surface area contributed by atoms with Crippen molar-refractivity contribution >= 4 is 23.0 Å². The van der Waals surface area contributed by atoms with E-state index in [0.717, 1.165) is 22.3 Å². The lowest BCUT2D eigenvalue weighted by molar-refractivity contribution is -0.117. The molecule has 3 aromatic rings. The van der Waals surface area contributed by atoms with Gasteiger partial charge < -0.3 is 9.73 Å². The van der Waals surface area contributed by atoms with Crippen LogP contribution in [-0.4, -0.2) is 11.9 Å². The summed E-state index contributed by atoms with van der Waals surface area (Å²) in [4.78, 5) is 12.0. The zero-order valence-corrected chi connectivity index (χ0v) is 13.0. The first-order chi connectivity index (χ1) is 11.2. The molecule has 0 saturated heterocycles. The van der Waals surface area contributed by atoms with Gasteiger partial charge >= 0.3 is 0 Å². The molecule has 1 heterocycles. The summed E-state index contributed by atoms with van der Waals surface area (Å²) in [5.74, 6) is 0.781. The van der Waals surface area contributed by atoms with Crippen molar-refractivity contribution < 1.29 is 9.21 Å². The van der Waals surface area contributed by atoms with E-state index in [1.807, 2.05) is 73.7 Å². The van der Waals surface area contributed by atoms with Gasteiger partial charge in [0.05, 0.1) is 0 Å². The molecule has 1 atom stereocenters. The Hall–Kier alpha value is -2.81. The molecule has 0 aliphatic heterocycles. The number of amides is 1. The maximum Gasteiger partial charge on any atom is 0.244 e. The van der Waals surface area contributed by atoms with Crippen LogP contribution in [0.2, 0.25) is 0 Å². The van der Waals surface area contributed by atoms with E-state index in [1.54, 1.807) is 6.08 Å². The second kappa shape index (κ2) is 6.97. The van der Waals surface area contributed by atoms with Crippen molar-refractivity contribution in [3.05, 3.63) is 78.1 Å². The number of furan rings is 1. The van der Waals surface area contributed by atoms with Crippen LogP contribution in [0.3, 0.4) is 0 Å². The molecule has 0 aliphatic rings. The number of rotatable bonds is 5. The van der Waals surface area contributed by atoms with E-state index in [2.05, 4.69) is 5.32 Å². The van der Waals surface area contributed by atoms with Crippen LogP contribution in [-0.2, 0) is 11.2 Å². The number of carbonyl (C=O) groups excluding carboxylic acids is 1. The molecule has 3 nitrogen and oxygen atoms in total. The molecule has 0 spiro atoms. The second-order valence-electron chi connectivity index (χ2n) is 5.61. The number of benzene rings is 2. The van der Waals surface area contributed by atoms with Gasteiger partial charge in [-0.2, -0.15) is 0 Å². The molecule has 0 bridgehead atoms.